The lowest BCUT2D eigenvalue weighted by Gasteiger charge is -2.42. The molecule has 0 amide bonds. The molecule has 1 aliphatic heterocycles. The van der Waals surface area contributed by atoms with Gasteiger partial charge in [0.05, 0.1) is 18.7 Å². The highest BCUT2D eigenvalue weighted by atomic mass is 16.3. The first kappa shape index (κ1) is 11.8. The molecule has 0 aromatic heterocycles. The van der Waals surface area contributed by atoms with Crippen molar-refractivity contribution in [1.29, 1.82) is 5.26 Å². The largest absolute Gasteiger partial charge is 0.391 e. The molecule has 4 nitrogen and oxygen atoms in total. The molecule has 16 heavy (non-hydrogen) atoms. The molecule has 2 rings (SSSR count). The number of rotatable bonds is 2. The molecule has 1 saturated carbocycles. The summed E-state index contributed by atoms with van der Waals surface area (Å²) in [6.07, 6.45) is 4.39. The lowest BCUT2D eigenvalue weighted by atomic mass is 9.91. The summed E-state index contributed by atoms with van der Waals surface area (Å²) < 4.78 is 0. The summed E-state index contributed by atoms with van der Waals surface area (Å²) in [6.45, 7) is 4.49. The summed E-state index contributed by atoms with van der Waals surface area (Å²) in [7, 11) is 0. The second-order valence-electron chi connectivity index (χ2n) is 4.89. The predicted octanol–water partition coefficient (Wildman–Crippen LogP) is 0.431. The fourth-order valence-corrected chi connectivity index (χ4v) is 2.87. The van der Waals surface area contributed by atoms with Crippen LogP contribution in [0.3, 0.4) is 0 Å². The van der Waals surface area contributed by atoms with Gasteiger partial charge in [-0.05, 0) is 12.8 Å². The van der Waals surface area contributed by atoms with Crippen molar-refractivity contribution in [3.05, 3.63) is 0 Å². The molecule has 1 saturated heterocycles. The molecule has 0 radical (unpaired) electrons. The molecule has 4 heteroatoms. The van der Waals surface area contributed by atoms with Crippen molar-refractivity contribution in [2.45, 2.75) is 37.8 Å². The second kappa shape index (κ2) is 5.62. The average molecular weight is 223 g/mol. The predicted molar refractivity (Wildman–Crippen MR) is 61.9 cm³/mol. The van der Waals surface area contributed by atoms with Gasteiger partial charge in [-0.1, -0.05) is 12.8 Å². The smallest absolute Gasteiger partial charge is 0.0866 e. The number of hydrogen-bond acceptors (Lipinski definition) is 4. The number of piperazine rings is 1. The van der Waals surface area contributed by atoms with Crippen LogP contribution >= 0.6 is 0 Å². The first-order chi connectivity index (χ1) is 7.81. The fraction of sp³-hybridized carbons (Fsp3) is 0.917. The van der Waals surface area contributed by atoms with E-state index in [1.54, 1.807) is 0 Å². The van der Waals surface area contributed by atoms with Crippen molar-refractivity contribution in [2.75, 3.05) is 32.7 Å². The van der Waals surface area contributed by atoms with Crippen LogP contribution in [0, 0.1) is 11.3 Å². The maximum Gasteiger partial charge on any atom is 0.0866 e. The van der Waals surface area contributed by atoms with E-state index in [0.717, 1.165) is 39.0 Å². The van der Waals surface area contributed by atoms with Crippen LogP contribution in [0.4, 0.5) is 0 Å². The monoisotopic (exact) mass is 223 g/mol. The maximum atomic E-state index is 9.98. The van der Waals surface area contributed by atoms with E-state index in [1.165, 1.54) is 12.8 Å². The Morgan fingerprint density at radius 1 is 1.12 bits per heavy atom. The molecule has 0 bridgehead atoms. The van der Waals surface area contributed by atoms with Crippen molar-refractivity contribution < 1.29 is 5.11 Å². The van der Waals surface area contributed by atoms with E-state index in [0.29, 0.717) is 12.6 Å². The molecule has 1 heterocycles. The van der Waals surface area contributed by atoms with Crippen LogP contribution in [0.2, 0.25) is 0 Å². The first-order valence-corrected chi connectivity index (χ1v) is 6.32. The molecule has 1 aliphatic carbocycles. The minimum Gasteiger partial charge on any atom is -0.391 e. The van der Waals surface area contributed by atoms with Gasteiger partial charge in [-0.15, -0.1) is 0 Å². The van der Waals surface area contributed by atoms with Gasteiger partial charge in [-0.2, -0.15) is 5.26 Å². The van der Waals surface area contributed by atoms with Crippen LogP contribution in [-0.2, 0) is 0 Å². The number of aliphatic hydroxyl groups excluding tert-OH is 1. The van der Waals surface area contributed by atoms with Crippen molar-refractivity contribution in [3.63, 3.8) is 0 Å². The Kier molecular flexibility index (Phi) is 4.16. The van der Waals surface area contributed by atoms with E-state index in [4.69, 9.17) is 5.26 Å². The molecular weight excluding hydrogens is 202 g/mol. The summed E-state index contributed by atoms with van der Waals surface area (Å²) >= 11 is 0. The highest BCUT2D eigenvalue weighted by Crippen LogP contribution is 2.23. The average Bonchev–Trinajstić information content (AvgIpc) is 2.31. The Morgan fingerprint density at radius 2 is 1.81 bits per heavy atom. The van der Waals surface area contributed by atoms with Crippen LogP contribution < -0.4 is 0 Å². The number of nitrogens with zero attached hydrogens (tertiary/aromatic N) is 3. The SMILES string of the molecule is N#CCN1CCN(C2CCCCC2O)CC1. The zero-order valence-electron chi connectivity index (χ0n) is 9.81. The van der Waals surface area contributed by atoms with Gasteiger partial charge in [0.15, 0.2) is 0 Å². The van der Waals surface area contributed by atoms with Crippen LogP contribution in [-0.4, -0.2) is 59.8 Å². The number of hydrogen-bond donors (Lipinski definition) is 1. The second-order valence-corrected chi connectivity index (χ2v) is 4.89. The first-order valence-electron chi connectivity index (χ1n) is 6.32. The topological polar surface area (TPSA) is 50.5 Å². The standard InChI is InChI=1S/C12H21N3O/c13-5-6-14-7-9-15(10-8-14)11-3-1-2-4-12(11)16/h11-12,16H,1-4,6-10H2. The van der Waals surface area contributed by atoms with Crippen LogP contribution in [0.1, 0.15) is 25.7 Å². The summed E-state index contributed by atoms with van der Waals surface area (Å²) in [5.41, 5.74) is 0. The highest BCUT2D eigenvalue weighted by molar-refractivity contribution is 4.87. The Morgan fingerprint density at radius 3 is 2.44 bits per heavy atom. The molecule has 0 aromatic carbocycles. The van der Waals surface area contributed by atoms with Gasteiger partial charge in [-0.3, -0.25) is 9.80 Å². The van der Waals surface area contributed by atoms with Crippen LogP contribution in [0.25, 0.3) is 0 Å². The lowest BCUT2D eigenvalue weighted by molar-refractivity contribution is -0.00162. The van der Waals surface area contributed by atoms with Crippen molar-refractivity contribution in [1.82, 2.24) is 9.80 Å². The number of nitriles is 1. The minimum absolute atomic E-state index is 0.128. The minimum atomic E-state index is -0.128. The van der Waals surface area contributed by atoms with E-state index in [-0.39, 0.29) is 6.10 Å². The fourth-order valence-electron chi connectivity index (χ4n) is 2.87. The van der Waals surface area contributed by atoms with Crippen molar-refractivity contribution in [2.24, 2.45) is 0 Å². The quantitative estimate of drug-likeness (QED) is 0.690. The maximum absolute atomic E-state index is 9.98. The zero-order valence-corrected chi connectivity index (χ0v) is 9.81. The lowest BCUT2D eigenvalue weighted by Crippen LogP contribution is -2.54. The third kappa shape index (κ3) is 2.73. The van der Waals surface area contributed by atoms with Gasteiger partial charge in [-0.25, -0.2) is 0 Å². The van der Waals surface area contributed by atoms with Gasteiger partial charge in [0.1, 0.15) is 0 Å². The summed E-state index contributed by atoms with van der Waals surface area (Å²) in [5, 5.41) is 18.6. The molecule has 0 aromatic rings. The van der Waals surface area contributed by atoms with Crippen LogP contribution in [0.15, 0.2) is 0 Å². The molecule has 90 valence electrons. The molecule has 2 unspecified atom stereocenters. The van der Waals surface area contributed by atoms with E-state index in [1.807, 2.05) is 0 Å². The Bertz CT molecular complexity index is 255. The van der Waals surface area contributed by atoms with Gasteiger partial charge in [0, 0.05) is 32.2 Å². The van der Waals surface area contributed by atoms with E-state index in [2.05, 4.69) is 15.9 Å². The third-order valence-corrected chi connectivity index (χ3v) is 3.86. The Balaban J connectivity index is 1.81. The third-order valence-electron chi connectivity index (χ3n) is 3.86. The highest BCUT2D eigenvalue weighted by Gasteiger charge is 2.30. The number of aliphatic hydroxyl groups is 1. The normalized spacial score (nSPS) is 33.5. The van der Waals surface area contributed by atoms with Crippen molar-refractivity contribution >= 4 is 0 Å². The zero-order chi connectivity index (χ0) is 11.4. The Hall–Kier alpha value is -0.630. The van der Waals surface area contributed by atoms with E-state index >= 15 is 0 Å². The molecule has 0 spiro atoms. The van der Waals surface area contributed by atoms with Gasteiger partial charge < -0.3 is 5.11 Å². The molecule has 1 N–H and O–H groups in total. The van der Waals surface area contributed by atoms with Gasteiger partial charge >= 0.3 is 0 Å². The van der Waals surface area contributed by atoms with Gasteiger partial charge in [0.25, 0.3) is 0 Å². The summed E-state index contributed by atoms with van der Waals surface area (Å²) in [6, 6.07) is 2.57. The van der Waals surface area contributed by atoms with Crippen molar-refractivity contribution in [3.8, 4) is 6.07 Å². The molecule has 2 atom stereocenters. The molecular formula is C12H21N3O. The van der Waals surface area contributed by atoms with Gasteiger partial charge in [0.2, 0.25) is 0 Å². The molecule has 2 aliphatic rings. The summed E-state index contributed by atoms with van der Waals surface area (Å²) in [4.78, 5) is 4.60. The Labute approximate surface area is 97.4 Å². The van der Waals surface area contributed by atoms with E-state index in [9.17, 15) is 5.11 Å². The molecule has 2 fully saturated rings. The van der Waals surface area contributed by atoms with E-state index < -0.39 is 0 Å². The summed E-state index contributed by atoms with van der Waals surface area (Å²) in [5.74, 6) is 0. The van der Waals surface area contributed by atoms with Crippen LogP contribution in [0.5, 0.6) is 0 Å².